The van der Waals surface area contributed by atoms with Gasteiger partial charge in [-0.1, -0.05) is 30.4 Å². The molecule has 1 unspecified atom stereocenters. The van der Waals surface area contributed by atoms with E-state index < -0.39 is 0 Å². The highest BCUT2D eigenvalue weighted by atomic mass is 32.2. The number of rotatable bonds is 6. The molecule has 2 N–H and O–H groups in total. The number of para-hydroxylation sites is 1. The maximum absolute atomic E-state index is 5.90. The van der Waals surface area contributed by atoms with Crippen molar-refractivity contribution in [2.75, 3.05) is 24.0 Å². The molecule has 3 nitrogen and oxygen atoms in total. The third-order valence-corrected chi connectivity index (χ3v) is 4.57. The summed E-state index contributed by atoms with van der Waals surface area (Å²) >= 11 is 7.07. The Morgan fingerprint density at radius 3 is 2.81 bits per heavy atom. The second-order valence-electron chi connectivity index (χ2n) is 5.16. The molecule has 0 fully saturated rings. The monoisotopic (exact) mass is 319 g/mol. The zero-order chi connectivity index (χ0) is 15.4. The normalized spacial score (nSPS) is 12.3. The minimum atomic E-state index is 0.388. The van der Waals surface area contributed by atoms with Crippen molar-refractivity contribution in [1.82, 2.24) is 4.98 Å². The van der Waals surface area contributed by atoms with Crippen LogP contribution in [0.25, 0.3) is 10.9 Å². The summed E-state index contributed by atoms with van der Waals surface area (Å²) in [6.45, 7) is 2.20. The van der Waals surface area contributed by atoms with E-state index in [-0.39, 0.29) is 0 Å². The number of nitrogens with zero attached hydrogens (tertiary/aromatic N) is 2. The first kappa shape index (κ1) is 16.0. The largest absolute Gasteiger partial charge is 0.389 e. The number of aromatic nitrogens is 1. The van der Waals surface area contributed by atoms with Crippen molar-refractivity contribution in [2.45, 2.75) is 19.4 Å². The first-order chi connectivity index (χ1) is 10.0. The van der Waals surface area contributed by atoms with Crippen LogP contribution in [0.5, 0.6) is 0 Å². The average molecular weight is 319 g/mol. The van der Waals surface area contributed by atoms with Gasteiger partial charge in [0.1, 0.15) is 10.8 Å². The second kappa shape index (κ2) is 7.09. The summed E-state index contributed by atoms with van der Waals surface area (Å²) in [6.07, 6.45) is 3.23. The Morgan fingerprint density at radius 1 is 1.43 bits per heavy atom. The highest BCUT2D eigenvalue weighted by molar-refractivity contribution is 7.98. The lowest BCUT2D eigenvalue weighted by Crippen LogP contribution is -2.32. The van der Waals surface area contributed by atoms with Crippen LogP contribution in [0.15, 0.2) is 30.3 Å². The number of nitrogens with two attached hydrogens (primary N) is 1. The van der Waals surface area contributed by atoms with Crippen LogP contribution in [0.2, 0.25) is 0 Å². The number of thioether (sulfide) groups is 1. The van der Waals surface area contributed by atoms with Gasteiger partial charge in [0, 0.05) is 18.5 Å². The fourth-order valence-corrected chi connectivity index (χ4v) is 2.97. The van der Waals surface area contributed by atoms with Gasteiger partial charge in [0.2, 0.25) is 0 Å². The molecule has 1 aromatic heterocycles. The molecule has 1 heterocycles. The third-order valence-electron chi connectivity index (χ3n) is 3.70. The summed E-state index contributed by atoms with van der Waals surface area (Å²) in [7, 11) is 2.06. The number of benzene rings is 1. The van der Waals surface area contributed by atoms with E-state index >= 15 is 0 Å². The summed E-state index contributed by atoms with van der Waals surface area (Å²) in [4.78, 5) is 7.35. The molecule has 0 amide bonds. The van der Waals surface area contributed by atoms with E-state index in [1.54, 1.807) is 0 Å². The SMILES string of the molecule is CSCCC(C)N(C)c1nc2ccccc2cc1C(N)=S. The fourth-order valence-electron chi connectivity index (χ4n) is 2.25. The second-order valence-corrected chi connectivity index (χ2v) is 6.58. The molecule has 0 aliphatic rings. The molecule has 0 bridgehead atoms. The number of thiocarbonyl (C=S) groups is 1. The molecule has 1 aromatic carbocycles. The van der Waals surface area contributed by atoms with Crippen LogP contribution in [0.3, 0.4) is 0 Å². The zero-order valence-electron chi connectivity index (χ0n) is 12.7. The minimum absolute atomic E-state index is 0.388. The van der Waals surface area contributed by atoms with Crippen LogP contribution in [0.1, 0.15) is 18.9 Å². The van der Waals surface area contributed by atoms with Crippen LogP contribution < -0.4 is 10.6 Å². The molecule has 1 atom stereocenters. The van der Waals surface area contributed by atoms with Crippen molar-refractivity contribution in [1.29, 1.82) is 0 Å². The summed E-state index contributed by atoms with van der Waals surface area (Å²) in [5, 5.41) is 1.06. The predicted molar refractivity (Wildman–Crippen MR) is 98.5 cm³/mol. The molecule has 2 rings (SSSR count). The van der Waals surface area contributed by atoms with Crippen LogP contribution in [-0.4, -0.2) is 35.1 Å². The van der Waals surface area contributed by atoms with E-state index in [0.717, 1.165) is 34.5 Å². The highest BCUT2D eigenvalue weighted by Crippen LogP contribution is 2.25. The molecule has 0 saturated carbocycles. The van der Waals surface area contributed by atoms with E-state index in [1.165, 1.54) is 0 Å². The Morgan fingerprint density at radius 2 is 2.14 bits per heavy atom. The zero-order valence-corrected chi connectivity index (χ0v) is 14.3. The van der Waals surface area contributed by atoms with Gasteiger partial charge >= 0.3 is 0 Å². The number of hydrogen-bond donors (Lipinski definition) is 1. The van der Waals surface area contributed by atoms with E-state index in [2.05, 4.69) is 25.1 Å². The number of fused-ring (bicyclic) bond motifs is 1. The van der Waals surface area contributed by atoms with Gasteiger partial charge in [-0.15, -0.1) is 0 Å². The molecule has 0 aliphatic carbocycles. The van der Waals surface area contributed by atoms with Gasteiger partial charge in [-0.25, -0.2) is 4.98 Å². The lowest BCUT2D eigenvalue weighted by atomic mass is 10.1. The molecule has 21 heavy (non-hydrogen) atoms. The Hall–Kier alpha value is -1.33. The van der Waals surface area contributed by atoms with E-state index in [1.807, 2.05) is 42.1 Å². The number of hydrogen-bond acceptors (Lipinski definition) is 4. The molecule has 0 radical (unpaired) electrons. The first-order valence-electron chi connectivity index (χ1n) is 6.96. The highest BCUT2D eigenvalue weighted by Gasteiger charge is 2.17. The lowest BCUT2D eigenvalue weighted by Gasteiger charge is -2.28. The number of pyridine rings is 1. The van der Waals surface area contributed by atoms with Gasteiger partial charge in [0.05, 0.1) is 11.1 Å². The first-order valence-corrected chi connectivity index (χ1v) is 8.76. The van der Waals surface area contributed by atoms with Gasteiger partial charge < -0.3 is 10.6 Å². The van der Waals surface area contributed by atoms with Crippen molar-refractivity contribution >= 4 is 45.7 Å². The maximum Gasteiger partial charge on any atom is 0.139 e. The van der Waals surface area contributed by atoms with Crippen LogP contribution in [0.4, 0.5) is 5.82 Å². The molecule has 0 saturated heterocycles. The Balaban J connectivity index is 2.45. The maximum atomic E-state index is 5.90. The molecule has 0 aliphatic heterocycles. The third kappa shape index (κ3) is 3.66. The van der Waals surface area contributed by atoms with Crippen LogP contribution >= 0.6 is 24.0 Å². The van der Waals surface area contributed by atoms with Gasteiger partial charge in [0.15, 0.2) is 0 Å². The van der Waals surface area contributed by atoms with Gasteiger partial charge in [-0.3, -0.25) is 0 Å². The van der Waals surface area contributed by atoms with Gasteiger partial charge in [-0.05, 0) is 37.5 Å². The van der Waals surface area contributed by atoms with Crippen LogP contribution in [-0.2, 0) is 0 Å². The topological polar surface area (TPSA) is 42.2 Å². The molecule has 112 valence electrons. The molecule has 2 aromatic rings. The van der Waals surface area contributed by atoms with E-state index in [4.69, 9.17) is 22.9 Å². The van der Waals surface area contributed by atoms with Crippen molar-refractivity contribution in [3.63, 3.8) is 0 Å². The van der Waals surface area contributed by atoms with Crippen molar-refractivity contribution in [3.8, 4) is 0 Å². The molecule has 0 spiro atoms. The summed E-state index contributed by atoms with van der Waals surface area (Å²) < 4.78 is 0. The molecular weight excluding hydrogens is 298 g/mol. The van der Waals surface area contributed by atoms with E-state index in [0.29, 0.717) is 11.0 Å². The Bertz CT molecular complexity index is 642. The Kier molecular flexibility index (Phi) is 5.42. The predicted octanol–water partition coefficient (Wildman–Crippen LogP) is 3.45. The summed E-state index contributed by atoms with van der Waals surface area (Å²) in [6, 6.07) is 10.5. The van der Waals surface area contributed by atoms with Crippen molar-refractivity contribution in [3.05, 3.63) is 35.9 Å². The van der Waals surface area contributed by atoms with Gasteiger partial charge in [-0.2, -0.15) is 11.8 Å². The molecule has 5 heteroatoms. The summed E-state index contributed by atoms with van der Waals surface area (Å²) in [5.41, 5.74) is 7.72. The quantitative estimate of drug-likeness (QED) is 0.826. The average Bonchev–Trinajstić information content (AvgIpc) is 2.50. The Labute approximate surface area is 135 Å². The van der Waals surface area contributed by atoms with Gasteiger partial charge in [0.25, 0.3) is 0 Å². The molecular formula is C16H21N3S2. The fraction of sp³-hybridized carbons (Fsp3) is 0.375. The van der Waals surface area contributed by atoms with Crippen molar-refractivity contribution < 1.29 is 0 Å². The standard InChI is InChI=1S/C16H21N3S2/c1-11(8-9-21-3)19(2)16-13(15(17)20)10-12-6-4-5-7-14(12)18-16/h4-7,10-11H,8-9H2,1-3H3,(H2,17,20). The summed E-state index contributed by atoms with van der Waals surface area (Å²) in [5.74, 6) is 2.00. The smallest absolute Gasteiger partial charge is 0.139 e. The lowest BCUT2D eigenvalue weighted by molar-refractivity contribution is 0.663. The van der Waals surface area contributed by atoms with Crippen molar-refractivity contribution in [2.24, 2.45) is 5.73 Å². The van der Waals surface area contributed by atoms with E-state index in [9.17, 15) is 0 Å². The minimum Gasteiger partial charge on any atom is -0.389 e. The van der Waals surface area contributed by atoms with Crippen LogP contribution in [0, 0.1) is 0 Å². The number of anilines is 1.